The predicted octanol–water partition coefficient (Wildman–Crippen LogP) is 3.61. The highest BCUT2D eigenvalue weighted by atomic mass is 32.1. The van der Waals surface area contributed by atoms with Crippen molar-refractivity contribution in [2.24, 2.45) is 0 Å². The van der Waals surface area contributed by atoms with Gasteiger partial charge in [-0.05, 0) is 24.6 Å². The number of thiophene rings is 1. The molecule has 0 radical (unpaired) electrons. The Morgan fingerprint density at radius 3 is 2.56 bits per heavy atom. The van der Waals surface area contributed by atoms with Gasteiger partial charge >= 0.3 is 5.97 Å². The molecule has 0 saturated heterocycles. The summed E-state index contributed by atoms with van der Waals surface area (Å²) in [7, 11) is 1.30. The molecule has 3 aromatic rings. The first-order valence-corrected chi connectivity index (χ1v) is 8.09. The van der Waals surface area contributed by atoms with E-state index in [2.05, 4.69) is 0 Å². The molecule has 0 aliphatic carbocycles. The molecular formula is C17H13F2NO4S. The summed E-state index contributed by atoms with van der Waals surface area (Å²) < 4.78 is 33.6. The molecule has 0 bridgehead atoms. The molecule has 0 fully saturated rings. The van der Waals surface area contributed by atoms with Gasteiger partial charge in [-0.3, -0.25) is 14.2 Å². The van der Waals surface area contributed by atoms with E-state index in [4.69, 9.17) is 9.84 Å². The normalized spacial score (nSPS) is 11.0. The van der Waals surface area contributed by atoms with E-state index in [-0.39, 0.29) is 23.3 Å². The number of carboxylic acid groups (broad SMARTS) is 1. The molecule has 0 aliphatic rings. The number of methoxy groups -OCH3 is 1. The average Bonchev–Trinajstić information content (AvgIpc) is 3.08. The molecule has 2 heterocycles. The Kier molecular flexibility index (Phi) is 4.30. The summed E-state index contributed by atoms with van der Waals surface area (Å²) >= 11 is 0.776. The molecule has 8 heteroatoms. The van der Waals surface area contributed by atoms with Crippen LogP contribution in [0.1, 0.15) is 21.6 Å². The van der Waals surface area contributed by atoms with Gasteiger partial charge in [-0.2, -0.15) is 4.39 Å². The third-order valence-electron chi connectivity index (χ3n) is 3.95. The first-order chi connectivity index (χ1) is 11.8. The van der Waals surface area contributed by atoms with E-state index >= 15 is 0 Å². The molecule has 0 spiro atoms. The summed E-state index contributed by atoms with van der Waals surface area (Å²) in [5, 5.41) is 10.4. The van der Waals surface area contributed by atoms with Gasteiger partial charge in [-0.25, -0.2) is 4.39 Å². The second-order valence-electron chi connectivity index (χ2n) is 5.42. The fourth-order valence-electron chi connectivity index (χ4n) is 2.82. The first-order valence-electron chi connectivity index (χ1n) is 7.21. The fourth-order valence-corrected chi connectivity index (χ4v) is 3.43. The number of fused-ring (bicyclic) bond motifs is 1. The van der Waals surface area contributed by atoms with Crippen LogP contribution < -0.4 is 4.74 Å². The first kappa shape index (κ1) is 17.1. The minimum absolute atomic E-state index is 0.0506. The van der Waals surface area contributed by atoms with Crippen molar-refractivity contribution < 1.29 is 28.2 Å². The van der Waals surface area contributed by atoms with Crippen LogP contribution in [0.2, 0.25) is 0 Å². The highest BCUT2D eigenvalue weighted by Crippen LogP contribution is 2.32. The number of hydrogen-bond acceptors (Lipinski definition) is 4. The van der Waals surface area contributed by atoms with E-state index in [0.29, 0.717) is 16.6 Å². The van der Waals surface area contributed by atoms with E-state index in [9.17, 15) is 18.4 Å². The van der Waals surface area contributed by atoms with E-state index in [0.717, 1.165) is 23.5 Å². The van der Waals surface area contributed by atoms with Crippen molar-refractivity contribution in [3.8, 4) is 5.75 Å². The van der Waals surface area contributed by atoms with Crippen LogP contribution in [0.3, 0.4) is 0 Å². The van der Waals surface area contributed by atoms with E-state index < -0.39 is 22.8 Å². The third-order valence-corrected chi connectivity index (χ3v) is 4.67. The van der Waals surface area contributed by atoms with Gasteiger partial charge < -0.3 is 9.84 Å². The van der Waals surface area contributed by atoms with Crippen molar-refractivity contribution >= 4 is 34.1 Å². The van der Waals surface area contributed by atoms with Crippen LogP contribution in [0.5, 0.6) is 5.75 Å². The van der Waals surface area contributed by atoms with Crippen LogP contribution in [-0.4, -0.2) is 28.7 Å². The van der Waals surface area contributed by atoms with Crippen molar-refractivity contribution in [1.29, 1.82) is 0 Å². The zero-order valence-corrected chi connectivity index (χ0v) is 14.1. The van der Waals surface area contributed by atoms with E-state index in [1.165, 1.54) is 23.1 Å². The van der Waals surface area contributed by atoms with Crippen LogP contribution in [0.25, 0.3) is 10.9 Å². The van der Waals surface area contributed by atoms with Gasteiger partial charge in [0, 0.05) is 22.5 Å². The van der Waals surface area contributed by atoms with Gasteiger partial charge in [0.1, 0.15) is 0 Å². The standard InChI is InChI=1S/C17H13F2NO4S/c1-8-10(5-16(21)22)11-4-14(24-2)12(18)6-13(11)20(8)17(23)9-3-15(19)25-7-9/h3-4,6-7H,5H2,1-2H3,(H,21,22). The predicted molar refractivity (Wildman–Crippen MR) is 88.5 cm³/mol. The van der Waals surface area contributed by atoms with Crippen LogP contribution in [0.4, 0.5) is 8.78 Å². The maximum absolute atomic E-state index is 14.1. The van der Waals surface area contributed by atoms with Crippen molar-refractivity contribution in [3.63, 3.8) is 0 Å². The van der Waals surface area contributed by atoms with E-state index in [1.807, 2.05) is 0 Å². The quantitative estimate of drug-likeness (QED) is 0.767. The molecule has 0 amide bonds. The van der Waals surface area contributed by atoms with Gasteiger partial charge in [0.25, 0.3) is 5.91 Å². The molecule has 130 valence electrons. The summed E-state index contributed by atoms with van der Waals surface area (Å²) in [4.78, 5) is 24.0. The molecule has 0 aliphatic heterocycles. The molecule has 3 rings (SSSR count). The largest absolute Gasteiger partial charge is 0.494 e. The van der Waals surface area contributed by atoms with Crippen LogP contribution in [0.15, 0.2) is 23.6 Å². The van der Waals surface area contributed by atoms with Crippen molar-refractivity contribution in [2.75, 3.05) is 7.11 Å². The number of halogens is 2. The Balaban J connectivity index is 2.30. The Labute approximate surface area is 145 Å². The van der Waals surface area contributed by atoms with Gasteiger partial charge in [0.2, 0.25) is 0 Å². The SMILES string of the molecule is COc1cc2c(CC(=O)O)c(C)n(C(=O)c3csc(F)c3)c2cc1F. The van der Waals surface area contributed by atoms with Gasteiger partial charge in [0.15, 0.2) is 16.7 Å². The van der Waals surface area contributed by atoms with Crippen LogP contribution in [-0.2, 0) is 11.2 Å². The number of rotatable bonds is 4. The minimum Gasteiger partial charge on any atom is -0.494 e. The molecule has 1 aromatic carbocycles. The number of ether oxygens (including phenoxy) is 1. The van der Waals surface area contributed by atoms with Crippen molar-refractivity contribution in [2.45, 2.75) is 13.3 Å². The molecule has 0 saturated carbocycles. The Morgan fingerprint density at radius 1 is 1.28 bits per heavy atom. The summed E-state index contributed by atoms with van der Waals surface area (Å²) in [5.74, 6) is -2.37. The summed E-state index contributed by atoms with van der Waals surface area (Å²) in [6.45, 7) is 1.57. The van der Waals surface area contributed by atoms with Crippen LogP contribution >= 0.6 is 11.3 Å². The fraction of sp³-hybridized carbons (Fsp3) is 0.176. The van der Waals surface area contributed by atoms with Crippen LogP contribution in [0, 0.1) is 17.9 Å². The number of carbonyl (C=O) groups is 2. The zero-order chi connectivity index (χ0) is 18.3. The maximum Gasteiger partial charge on any atom is 0.307 e. The van der Waals surface area contributed by atoms with Crippen molar-refractivity contribution in [1.82, 2.24) is 4.57 Å². The Hall–Kier alpha value is -2.74. The lowest BCUT2D eigenvalue weighted by atomic mass is 10.1. The lowest BCUT2D eigenvalue weighted by molar-refractivity contribution is -0.136. The Bertz CT molecular complexity index is 1010. The molecule has 25 heavy (non-hydrogen) atoms. The topological polar surface area (TPSA) is 68.5 Å². The number of aromatic nitrogens is 1. The molecule has 1 N–H and O–H groups in total. The molecule has 5 nitrogen and oxygen atoms in total. The van der Waals surface area contributed by atoms with Gasteiger partial charge in [0.05, 0.1) is 24.6 Å². The second-order valence-corrected chi connectivity index (χ2v) is 6.28. The summed E-state index contributed by atoms with van der Waals surface area (Å²) in [6.07, 6.45) is -0.338. The number of aliphatic carboxylic acids is 1. The highest BCUT2D eigenvalue weighted by Gasteiger charge is 2.23. The molecular weight excluding hydrogens is 352 g/mol. The zero-order valence-electron chi connectivity index (χ0n) is 13.3. The summed E-state index contributed by atoms with van der Waals surface area (Å²) in [6, 6.07) is 3.58. The average molecular weight is 365 g/mol. The van der Waals surface area contributed by atoms with Crippen molar-refractivity contribution in [3.05, 3.63) is 51.3 Å². The smallest absolute Gasteiger partial charge is 0.307 e. The number of nitrogens with zero attached hydrogens (tertiary/aromatic N) is 1. The summed E-state index contributed by atoms with van der Waals surface area (Å²) in [5.41, 5.74) is 1.07. The monoisotopic (exact) mass is 365 g/mol. The van der Waals surface area contributed by atoms with E-state index in [1.54, 1.807) is 6.92 Å². The highest BCUT2D eigenvalue weighted by molar-refractivity contribution is 7.08. The number of carbonyl (C=O) groups excluding carboxylic acids is 1. The minimum atomic E-state index is -1.08. The second kappa shape index (κ2) is 6.29. The Morgan fingerprint density at radius 2 is 2.00 bits per heavy atom. The lowest BCUT2D eigenvalue weighted by Gasteiger charge is -2.07. The lowest BCUT2D eigenvalue weighted by Crippen LogP contribution is -2.13. The third kappa shape index (κ3) is 2.89. The molecule has 2 aromatic heterocycles. The van der Waals surface area contributed by atoms with Gasteiger partial charge in [-0.1, -0.05) is 0 Å². The van der Waals surface area contributed by atoms with Gasteiger partial charge in [-0.15, -0.1) is 11.3 Å². The molecule has 0 atom stereocenters. The number of carboxylic acids is 1. The molecule has 0 unspecified atom stereocenters. The number of hydrogen-bond donors (Lipinski definition) is 1. The number of benzene rings is 1. The maximum atomic E-state index is 14.1.